The standard InChI is InChI=1S/C11H8ClFN2O/c12-8-6-15-4-3-11(8)16-7-1-2-10(14)9(13)5-7/h1-6H,14H2. The quantitative estimate of drug-likeness (QED) is 0.817. The molecule has 0 bridgehead atoms. The van der Waals surface area contributed by atoms with Crippen molar-refractivity contribution in [2.24, 2.45) is 0 Å². The van der Waals surface area contributed by atoms with Crippen molar-refractivity contribution < 1.29 is 9.13 Å². The molecule has 2 N–H and O–H groups in total. The van der Waals surface area contributed by atoms with E-state index in [1.54, 1.807) is 12.1 Å². The first kappa shape index (κ1) is 10.7. The second kappa shape index (κ2) is 4.37. The van der Waals surface area contributed by atoms with Gasteiger partial charge in [0.15, 0.2) is 0 Å². The first-order valence-corrected chi connectivity index (χ1v) is 4.87. The Morgan fingerprint density at radius 2 is 2.12 bits per heavy atom. The molecular formula is C11H8ClFN2O. The lowest BCUT2D eigenvalue weighted by Crippen LogP contribution is -1.92. The third-order valence-corrected chi connectivity index (χ3v) is 2.22. The minimum absolute atomic E-state index is 0.0770. The molecule has 3 nitrogen and oxygen atoms in total. The predicted octanol–water partition coefficient (Wildman–Crippen LogP) is 3.25. The molecule has 2 rings (SSSR count). The van der Waals surface area contributed by atoms with Crippen LogP contribution in [0.3, 0.4) is 0 Å². The van der Waals surface area contributed by atoms with E-state index in [-0.39, 0.29) is 5.69 Å². The Morgan fingerprint density at radius 3 is 2.81 bits per heavy atom. The van der Waals surface area contributed by atoms with Gasteiger partial charge < -0.3 is 10.5 Å². The summed E-state index contributed by atoms with van der Waals surface area (Å²) >= 11 is 5.84. The minimum Gasteiger partial charge on any atom is -0.456 e. The molecule has 82 valence electrons. The van der Waals surface area contributed by atoms with Gasteiger partial charge in [-0.05, 0) is 12.1 Å². The van der Waals surface area contributed by atoms with Gasteiger partial charge in [0, 0.05) is 24.5 Å². The summed E-state index contributed by atoms with van der Waals surface area (Å²) in [5.41, 5.74) is 5.42. The average Bonchev–Trinajstić information content (AvgIpc) is 2.27. The second-order valence-electron chi connectivity index (χ2n) is 3.09. The lowest BCUT2D eigenvalue weighted by molar-refractivity contribution is 0.477. The van der Waals surface area contributed by atoms with Gasteiger partial charge in [-0.3, -0.25) is 4.98 Å². The fraction of sp³-hybridized carbons (Fsp3) is 0. The maximum atomic E-state index is 13.1. The van der Waals surface area contributed by atoms with Crippen molar-refractivity contribution in [3.05, 3.63) is 47.5 Å². The van der Waals surface area contributed by atoms with E-state index in [1.807, 2.05) is 0 Å². The summed E-state index contributed by atoms with van der Waals surface area (Å²) in [5.74, 6) is 0.225. The molecule has 0 spiro atoms. The number of ether oxygens (including phenoxy) is 1. The van der Waals surface area contributed by atoms with Gasteiger partial charge in [0.2, 0.25) is 0 Å². The molecule has 1 aromatic heterocycles. The maximum Gasteiger partial charge on any atom is 0.149 e. The number of nitrogens with two attached hydrogens (primary N) is 1. The maximum absolute atomic E-state index is 13.1. The first-order chi connectivity index (χ1) is 7.66. The molecule has 1 heterocycles. The fourth-order valence-electron chi connectivity index (χ4n) is 1.14. The molecule has 0 amide bonds. The van der Waals surface area contributed by atoms with Crippen LogP contribution in [0.4, 0.5) is 10.1 Å². The van der Waals surface area contributed by atoms with Gasteiger partial charge in [-0.1, -0.05) is 11.6 Å². The summed E-state index contributed by atoms with van der Waals surface area (Å²) in [4.78, 5) is 3.81. The van der Waals surface area contributed by atoms with Crippen molar-refractivity contribution in [1.29, 1.82) is 0 Å². The van der Waals surface area contributed by atoms with E-state index < -0.39 is 5.82 Å². The largest absolute Gasteiger partial charge is 0.456 e. The number of aromatic nitrogens is 1. The molecule has 0 atom stereocenters. The van der Waals surface area contributed by atoms with Gasteiger partial charge >= 0.3 is 0 Å². The van der Waals surface area contributed by atoms with Crippen molar-refractivity contribution in [3.63, 3.8) is 0 Å². The lowest BCUT2D eigenvalue weighted by atomic mass is 10.3. The van der Waals surface area contributed by atoms with Crippen LogP contribution in [0.5, 0.6) is 11.5 Å². The second-order valence-corrected chi connectivity index (χ2v) is 3.50. The summed E-state index contributed by atoms with van der Waals surface area (Å²) in [6.07, 6.45) is 2.99. The molecule has 0 aliphatic rings. The Labute approximate surface area is 96.6 Å². The highest BCUT2D eigenvalue weighted by molar-refractivity contribution is 6.31. The van der Waals surface area contributed by atoms with Crippen LogP contribution in [0.2, 0.25) is 5.02 Å². The summed E-state index contributed by atoms with van der Waals surface area (Å²) in [6.45, 7) is 0. The molecule has 0 aliphatic heterocycles. The van der Waals surface area contributed by atoms with Crippen LogP contribution >= 0.6 is 11.6 Å². The normalized spacial score (nSPS) is 10.1. The molecule has 0 saturated heterocycles. The van der Waals surface area contributed by atoms with E-state index >= 15 is 0 Å². The van der Waals surface area contributed by atoms with E-state index in [0.717, 1.165) is 0 Å². The molecule has 1 aromatic carbocycles. The Morgan fingerprint density at radius 1 is 1.31 bits per heavy atom. The highest BCUT2D eigenvalue weighted by Gasteiger charge is 2.05. The number of nitrogen functional groups attached to an aromatic ring is 1. The van der Waals surface area contributed by atoms with Gasteiger partial charge in [0.25, 0.3) is 0 Å². The highest BCUT2D eigenvalue weighted by atomic mass is 35.5. The van der Waals surface area contributed by atoms with Gasteiger partial charge in [-0.15, -0.1) is 0 Å². The molecule has 0 unspecified atom stereocenters. The Bertz CT molecular complexity index is 519. The smallest absolute Gasteiger partial charge is 0.149 e. The van der Waals surface area contributed by atoms with Crippen LogP contribution in [0, 0.1) is 5.82 Å². The Hall–Kier alpha value is -1.81. The van der Waals surface area contributed by atoms with E-state index in [1.165, 1.54) is 24.5 Å². The van der Waals surface area contributed by atoms with Crippen molar-refractivity contribution in [2.45, 2.75) is 0 Å². The number of hydrogen-bond acceptors (Lipinski definition) is 3. The van der Waals surface area contributed by atoms with Gasteiger partial charge in [0.05, 0.1) is 5.69 Å². The van der Waals surface area contributed by atoms with Gasteiger partial charge in [-0.25, -0.2) is 4.39 Å². The van der Waals surface area contributed by atoms with Crippen molar-refractivity contribution in [1.82, 2.24) is 4.98 Å². The number of halogens is 2. The molecule has 0 radical (unpaired) electrons. The molecule has 16 heavy (non-hydrogen) atoms. The zero-order chi connectivity index (χ0) is 11.5. The Kier molecular flexibility index (Phi) is 2.92. The number of nitrogens with zero attached hydrogens (tertiary/aromatic N) is 1. The number of benzene rings is 1. The zero-order valence-electron chi connectivity index (χ0n) is 8.15. The van der Waals surface area contributed by atoms with Crippen molar-refractivity contribution in [2.75, 3.05) is 5.73 Å². The number of pyridine rings is 1. The molecule has 0 saturated carbocycles. The van der Waals surface area contributed by atoms with Gasteiger partial charge in [0.1, 0.15) is 22.3 Å². The molecule has 0 fully saturated rings. The van der Waals surface area contributed by atoms with Gasteiger partial charge in [-0.2, -0.15) is 0 Å². The van der Waals surface area contributed by atoms with Crippen LogP contribution < -0.4 is 10.5 Å². The summed E-state index contributed by atoms with van der Waals surface area (Å²) < 4.78 is 18.5. The number of hydrogen-bond donors (Lipinski definition) is 1. The number of anilines is 1. The SMILES string of the molecule is Nc1ccc(Oc2ccncc2Cl)cc1F. The van der Waals surface area contributed by atoms with Crippen molar-refractivity contribution >= 4 is 17.3 Å². The monoisotopic (exact) mass is 238 g/mol. The van der Waals surface area contributed by atoms with Crippen LogP contribution in [-0.4, -0.2) is 4.98 Å². The molecule has 5 heteroatoms. The lowest BCUT2D eigenvalue weighted by Gasteiger charge is -2.07. The van der Waals surface area contributed by atoms with E-state index in [0.29, 0.717) is 16.5 Å². The van der Waals surface area contributed by atoms with Crippen LogP contribution in [0.15, 0.2) is 36.7 Å². The fourth-order valence-corrected chi connectivity index (χ4v) is 1.30. The summed E-state index contributed by atoms with van der Waals surface area (Å²) in [5, 5.41) is 0.361. The van der Waals surface area contributed by atoms with Crippen molar-refractivity contribution in [3.8, 4) is 11.5 Å². The summed E-state index contributed by atoms with van der Waals surface area (Å²) in [6, 6.07) is 5.79. The van der Waals surface area contributed by atoms with E-state index in [2.05, 4.69) is 4.98 Å². The van der Waals surface area contributed by atoms with E-state index in [4.69, 9.17) is 22.1 Å². The first-order valence-electron chi connectivity index (χ1n) is 4.49. The minimum atomic E-state index is -0.525. The third-order valence-electron chi connectivity index (χ3n) is 1.93. The van der Waals surface area contributed by atoms with Crippen LogP contribution in [0.25, 0.3) is 0 Å². The molecule has 0 aliphatic carbocycles. The zero-order valence-corrected chi connectivity index (χ0v) is 8.91. The van der Waals surface area contributed by atoms with E-state index in [9.17, 15) is 4.39 Å². The average molecular weight is 239 g/mol. The third kappa shape index (κ3) is 2.23. The molecule has 2 aromatic rings. The Balaban J connectivity index is 2.28. The van der Waals surface area contributed by atoms with Crippen LogP contribution in [-0.2, 0) is 0 Å². The topological polar surface area (TPSA) is 48.1 Å². The van der Waals surface area contributed by atoms with Crippen LogP contribution in [0.1, 0.15) is 0 Å². The highest BCUT2D eigenvalue weighted by Crippen LogP contribution is 2.29. The predicted molar refractivity (Wildman–Crippen MR) is 60.1 cm³/mol. The molecular weight excluding hydrogens is 231 g/mol. The summed E-state index contributed by atoms with van der Waals surface area (Å²) in [7, 11) is 0. The number of rotatable bonds is 2.